The van der Waals surface area contributed by atoms with E-state index >= 15 is 0 Å². The molecule has 0 aliphatic heterocycles. The lowest BCUT2D eigenvalue weighted by Crippen LogP contribution is -1.97. The van der Waals surface area contributed by atoms with Crippen LogP contribution >= 0.6 is 0 Å². The molecule has 0 fully saturated rings. The molecule has 2 nitrogen and oxygen atoms in total. The second-order valence-corrected chi connectivity index (χ2v) is 2.86. The van der Waals surface area contributed by atoms with Crippen molar-refractivity contribution in [2.75, 3.05) is 0 Å². The van der Waals surface area contributed by atoms with Gasteiger partial charge in [0.1, 0.15) is 18.4 Å². The Hall–Kier alpha value is -1.51. The quantitative estimate of drug-likeness (QED) is 0.666. The summed E-state index contributed by atoms with van der Waals surface area (Å²) in [7, 11) is 0. The maximum Gasteiger partial charge on any atom is 0.150 e. The highest BCUT2D eigenvalue weighted by molar-refractivity contribution is 5.76. The molecule has 0 bridgehead atoms. The van der Waals surface area contributed by atoms with Crippen molar-refractivity contribution in [3.05, 3.63) is 35.1 Å². The van der Waals surface area contributed by atoms with Gasteiger partial charge in [0, 0.05) is 11.5 Å². The molecule has 13 heavy (non-hydrogen) atoms. The zero-order valence-corrected chi connectivity index (χ0v) is 7.16. The summed E-state index contributed by atoms with van der Waals surface area (Å²) >= 11 is 0. The van der Waals surface area contributed by atoms with Crippen LogP contribution in [0, 0.1) is 5.82 Å². The van der Waals surface area contributed by atoms with Gasteiger partial charge in [-0.3, -0.25) is 4.79 Å². The highest BCUT2D eigenvalue weighted by atomic mass is 19.1. The van der Waals surface area contributed by atoms with Gasteiger partial charge in [0.15, 0.2) is 0 Å². The fraction of sp³-hybridized carbons (Fsp3) is 0.200. The molecule has 0 saturated carbocycles. The summed E-state index contributed by atoms with van der Waals surface area (Å²) in [5, 5.41) is 0. The molecule has 0 aromatic heterocycles. The lowest BCUT2D eigenvalue weighted by Gasteiger charge is -2.04. The zero-order valence-electron chi connectivity index (χ0n) is 7.16. The molecule has 3 heteroatoms. The second-order valence-electron chi connectivity index (χ2n) is 2.86. The minimum Gasteiger partial charge on any atom is -0.303 e. The van der Waals surface area contributed by atoms with E-state index in [4.69, 9.17) is 0 Å². The molecule has 1 aromatic rings. The Balaban J connectivity index is 3.14. The van der Waals surface area contributed by atoms with Gasteiger partial charge >= 0.3 is 0 Å². The van der Waals surface area contributed by atoms with Crippen LogP contribution in [0.15, 0.2) is 18.2 Å². The van der Waals surface area contributed by atoms with Crippen LogP contribution in [0.25, 0.3) is 0 Å². The van der Waals surface area contributed by atoms with E-state index in [2.05, 4.69) is 0 Å². The first kappa shape index (κ1) is 9.58. The largest absolute Gasteiger partial charge is 0.303 e. The van der Waals surface area contributed by atoms with E-state index < -0.39 is 5.82 Å². The molecule has 68 valence electrons. The number of carbonyl (C=O) groups excluding carboxylic acids is 2. The first-order valence-electron chi connectivity index (χ1n) is 3.88. The van der Waals surface area contributed by atoms with Gasteiger partial charge in [-0.2, -0.15) is 0 Å². The van der Waals surface area contributed by atoms with E-state index in [0.29, 0.717) is 18.1 Å². The normalized spacial score (nSPS) is 12.2. The molecule has 1 rings (SSSR count). The van der Waals surface area contributed by atoms with Crippen LogP contribution in [0.4, 0.5) is 4.39 Å². The van der Waals surface area contributed by atoms with Crippen LogP contribution in [0.2, 0.25) is 0 Å². The standard InChI is InChI=1S/C10H9FO2/c1-7(5-12)9-2-8(6-13)3-10(11)4-9/h2-7H,1H3. The third kappa shape index (κ3) is 2.21. The van der Waals surface area contributed by atoms with Gasteiger partial charge in [-0.05, 0) is 23.8 Å². The van der Waals surface area contributed by atoms with Crippen molar-refractivity contribution in [3.63, 3.8) is 0 Å². The number of halogens is 1. The van der Waals surface area contributed by atoms with Crippen LogP contribution in [0.3, 0.4) is 0 Å². The molecular formula is C10H9FO2. The van der Waals surface area contributed by atoms with E-state index in [1.807, 2.05) is 0 Å². The molecule has 0 aliphatic carbocycles. The molecule has 1 unspecified atom stereocenters. The highest BCUT2D eigenvalue weighted by Gasteiger charge is 2.06. The third-order valence-electron chi connectivity index (χ3n) is 1.81. The molecule has 1 aromatic carbocycles. The minimum atomic E-state index is -0.492. The highest BCUT2D eigenvalue weighted by Crippen LogP contribution is 2.15. The maximum atomic E-state index is 12.8. The van der Waals surface area contributed by atoms with Gasteiger partial charge in [0.05, 0.1) is 0 Å². The fourth-order valence-corrected chi connectivity index (χ4v) is 1.05. The van der Waals surface area contributed by atoms with Gasteiger partial charge in [0.2, 0.25) is 0 Å². The smallest absolute Gasteiger partial charge is 0.150 e. The average molecular weight is 180 g/mol. The molecule has 0 radical (unpaired) electrons. The number of carbonyl (C=O) groups is 2. The maximum absolute atomic E-state index is 12.8. The van der Waals surface area contributed by atoms with Gasteiger partial charge < -0.3 is 4.79 Å². The summed E-state index contributed by atoms with van der Waals surface area (Å²) in [6, 6.07) is 3.90. The molecule has 0 heterocycles. The monoisotopic (exact) mass is 180 g/mol. The molecule has 1 atom stereocenters. The Morgan fingerprint density at radius 1 is 1.31 bits per heavy atom. The first-order valence-corrected chi connectivity index (χ1v) is 3.88. The van der Waals surface area contributed by atoms with Crippen LogP contribution in [-0.2, 0) is 4.79 Å². The number of hydrogen-bond acceptors (Lipinski definition) is 2. The first-order chi connectivity index (χ1) is 6.17. The number of aldehydes is 2. The average Bonchev–Trinajstić information content (AvgIpc) is 2.15. The Kier molecular flexibility index (Phi) is 2.90. The molecule has 0 amide bonds. The summed E-state index contributed by atoms with van der Waals surface area (Å²) < 4.78 is 12.8. The molecule has 0 aliphatic rings. The molecule has 0 spiro atoms. The Labute approximate surface area is 75.4 Å². The molecule has 0 saturated heterocycles. The van der Waals surface area contributed by atoms with Crippen LogP contribution in [-0.4, -0.2) is 12.6 Å². The summed E-state index contributed by atoms with van der Waals surface area (Å²) in [5.41, 5.74) is 0.779. The van der Waals surface area contributed by atoms with Crippen LogP contribution in [0.5, 0.6) is 0 Å². The predicted octanol–water partition coefficient (Wildman–Crippen LogP) is 1.94. The van der Waals surface area contributed by atoms with Crippen molar-refractivity contribution in [2.24, 2.45) is 0 Å². The van der Waals surface area contributed by atoms with Gasteiger partial charge in [0.25, 0.3) is 0 Å². The lowest BCUT2D eigenvalue weighted by molar-refractivity contribution is -0.108. The summed E-state index contributed by atoms with van der Waals surface area (Å²) in [4.78, 5) is 20.8. The third-order valence-corrected chi connectivity index (χ3v) is 1.81. The Morgan fingerprint density at radius 3 is 2.54 bits per heavy atom. The number of rotatable bonds is 3. The van der Waals surface area contributed by atoms with Crippen molar-refractivity contribution in [1.29, 1.82) is 0 Å². The van der Waals surface area contributed by atoms with E-state index in [1.54, 1.807) is 6.92 Å². The summed E-state index contributed by atoms with van der Waals surface area (Å²) in [5.74, 6) is -0.872. The molecular weight excluding hydrogens is 171 g/mol. The van der Waals surface area contributed by atoms with Gasteiger partial charge in [-0.15, -0.1) is 0 Å². The Bertz CT molecular complexity index is 334. The second kappa shape index (κ2) is 3.94. The summed E-state index contributed by atoms with van der Waals surface area (Å²) in [6.45, 7) is 1.65. The molecule has 0 N–H and O–H groups in total. The van der Waals surface area contributed by atoms with Crippen LogP contribution < -0.4 is 0 Å². The van der Waals surface area contributed by atoms with Crippen molar-refractivity contribution >= 4 is 12.6 Å². The minimum absolute atomic E-state index is 0.253. The van der Waals surface area contributed by atoms with E-state index in [0.717, 1.165) is 6.07 Å². The van der Waals surface area contributed by atoms with Crippen molar-refractivity contribution < 1.29 is 14.0 Å². The van der Waals surface area contributed by atoms with E-state index in [9.17, 15) is 14.0 Å². The van der Waals surface area contributed by atoms with Crippen molar-refractivity contribution in [3.8, 4) is 0 Å². The SMILES string of the molecule is CC(C=O)c1cc(F)cc(C=O)c1. The van der Waals surface area contributed by atoms with Crippen molar-refractivity contribution in [2.45, 2.75) is 12.8 Å². The predicted molar refractivity (Wildman–Crippen MR) is 46.3 cm³/mol. The lowest BCUT2D eigenvalue weighted by atomic mass is 10.0. The zero-order chi connectivity index (χ0) is 9.84. The Morgan fingerprint density at radius 2 is 2.00 bits per heavy atom. The van der Waals surface area contributed by atoms with Gasteiger partial charge in [-0.25, -0.2) is 4.39 Å². The van der Waals surface area contributed by atoms with Gasteiger partial charge in [-0.1, -0.05) is 6.92 Å². The fourth-order valence-electron chi connectivity index (χ4n) is 1.05. The van der Waals surface area contributed by atoms with E-state index in [1.165, 1.54) is 12.1 Å². The van der Waals surface area contributed by atoms with E-state index in [-0.39, 0.29) is 11.5 Å². The van der Waals surface area contributed by atoms with Crippen LogP contribution in [0.1, 0.15) is 28.8 Å². The topological polar surface area (TPSA) is 34.1 Å². The number of benzene rings is 1. The number of hydrogen-bond donors (Lipinski definition) is 0. The van der Waals surface area contributed by atoms with Crippen molar-refractivity contribution in [1.82, 2.24) is 0 Å². The summed E-state index contributed by atoms with van der Waals surface area (Å²) in [6.07, 6.45) is 1.27.